The zero-order valence-electron chi connectivity index (χ0n) is 22.5. The molecule has 0 saturated heterocycles. The summed E-state index contributed by atoms with van der Waals surface area (Å²) < 4.78 is 12.0. The summed E-state index contributed by atoms with van der Waals surface area (Å²) in [6.07, 6.45) is 8.29. The lowest BCUT2D eigenvalue weighted by Crippen LogP contribution is -2.29. The Kier molecular flexibility index (Phi) is 7.92. The maximum atomic E-state index is 11.8. The second-order valence-electron chi connectivity index (χ2n) is 9.16. The van der Waals surface area contributed by atoms with Gasteiger partial charge in [-0.3, -0.25) is 14.6 Å². The van der Waals surface area contributed by atoms with Crippen molar-refractivity contribution in [1.82, 2.24) is 34.6 Å². The van der Waals surface area contributed by atoms with E-state index < -0.39 is 0 Å². The van der Waals surface area contributed by atoms with Gasteiger partial charge < -0.3 is 19.4 Å². The number of nitrogens with zero attached hydrogens (tertiary/aromatic N) is 6. The highest BCUT2D eigenvalue weighted by atomic mass is 16.5. The molecule has 0 fully saturated rings. The molecule has 1 aromatic carbocycles. The number of fused-ring (bicyclic) bond motifs is 2. The first-order valence-corrected chi connectivity index (χ1v) is 12.7. The Morgan fingerprint density at radius 1 is 1.12 bits per heavy atom. The van der Waals surface area contributed by atoms with Gasteiger partial charge in [0.1, 0.15) is 18.7 Å². The highest BCUT2D eigenvalue weighted by molar-refractivity contribution is 6.10. The first-order chi connectivity index (χ1) is 19.5. The zero-order chi connectivity index (χ0) is 28.1. The minimum Gasteiger partial charge on any atom is -0.494 e. The number of benzene rings is 1. The van der Waals surface area contributed by atoms with Crippen molar-refractivity contribution in [2.24, 2.45) is 0 Å². The minimum atomic E-state index is -0.0580. The predicted molar refractivity (Wildman–Crippen MR) is 148 cm³/mol. The summed E-state index contributed by atoms with van der Waals surface area (Å²) in [7, 11) is 3.12. The molecule has 5 aromatic rings. The summed E-state index contributed by atoms with van der Waals surface area (Å²) >= 11 is 0. The molecule has 11 heteroatoms. The number of carbonyl (C=O) groups excluding carboxylic acids is 2. The molecule has 0 atom stereocenters. The highest BCUT2D eigenvalue weighted by Gasteiger charge is 2.20. The van der Waals surface area contributed by atoms with Crippen molar-refractivity contribution < 1.29 is 19.1 Å². The van der Waals surface area contributed by atoms with Crippen LogP contribution in [0.3, 0.4) is 0 Å². The minimum absolute atomic E-state index is 0.0580. The molecule has 0 spiro atoms. The molecule has 0 unspecified atom stereocenters. The standard InChI is InChI=1S/C15H14N2O.C14H15N5O3/c18-11-17-9-7-13-12(10-17)4-3-5-14(13)15-6-1-2-8-16-15;1-8(20)9-4-15-13-12(9)10(22-3)5-16-14(13)19-11(6-21-2)17-7-18-19/h1-6,8,11H,7,9-10H2;4-5,7,15H,6H2,1-3H3. The molecule has 0 bridgehead atoms. The molecule has 204 valence electrons. The van der Waals surface area contributed by atoms with Crippen LogP contribution in [0.2, 0.25) is 0 Å². The Labute approximate surface area is 230 Å². The van der Waals surface area contributed by atoms with Gasteiger partial charge in [0.25, 0.3) is 0 Å². The van der Waals surface area contributed by atoms with E-state index in [-0.39, 0.29) is 5.78 Å². The molecular formula is C29H29N7O4. The van der Waals surface area contributed by atoms with Gasteiger partial charge >= 0.3 is 0 Å². The van der Waals surface area contributed by atoms with E-state index in [4.69, 9.17) is 9.47 Å². The number of nitrogens with one attached hydrogen (secondary N) is 1. The normalized spacial score (nSPS) is 12.4. The van der Waals surface area contributed by atoms with Crippen molar-refractivity contribution >= 4 is 23.1 Å². The van der Waals surface area contributed by atoms with E-state index in [9.17, 15) is 9.59 Å². The van der Waals surface area contributed by atoms with E-state index in [1.165, 1.54) is 29.9 Å². The summed E-state index contributed by atoms with van der Waals surface area (Å²) in [6.45, 7) is 3.31. The summed E-state index contributed by atoms with van der Waals surface area (Å²) in [5.41, 5.74) is 5.97. The molecular weight excluding hydrogens is 510 g/mol. The number of pyridine rings is 2. The van der Waals surface area contributed by atoms with E-state index >= 15 is 0 Å². The van der Waals surface area contributed by atoms with Gasteiger partial charge in [-0.2, -0.15) is 9.78 Å². The van der Waals surface area contributed by atoms with E-state index in [2.05, 4.69) is 37.2 Å². The van der Waals surface area contributed by atoms with E-state index in [1.54, 1.807) is 31.3 Å². The van der Waals surface area contributed by atoms with Gasteiger partial charge in [-0.1, -0.05) is 24.3 Å². The fraction of sp³-hybridized carbons (Fsp3) is 0.241. The third-order valence-corrected chi connectivity index (χ3v) is 6.73. The van der Waals surface area contributed by atoms with Gasteiger partial charge in [-0.25, -0.2) is 9.97 Å². The number of ether oxygens (including phenoxy) is 2. The van der Waals surface area contributed by atoms with E-state index in [0.717, 1.165) is 25.1 Å². The number of aromatic amines is 1. The van der Waals surface area contributed by atoms with Gasteiger partial charge in [0.15, 0.2) is 17.4 Å². The fourth-order valence-corrected chi connectivity index (χ4v) is 4.85. The number of aromatic nitrogens is 6. The van der Waals surface area contributed by atoms with Crippen LogP contribution in [0.4, 0.5) is 0 Å². The lowest BCUT2D eigenvalue weighted by atomic mass is 9.93. The summed E-state index contributed by atoms with van der Waals surface area (Å²) in [5.74, 6) is 1.62. The largest absolute Gasteiger partial charge is 0.494 e. The number of rotatable bonds is 7. The number of H-pyrrole nitrogens is 1. The molecule has 0 radical (unpaired) electrons. The topological polar surface area (TPSA) is 128 Å². The van der Waals surface area contributed by atoms with E-state index in [0.29, 0.717) is 47.0 Å². The maximum Gasteiger partial charge on any atom is 0.210 e. The van der Waals surface area contributed by atoms with Crippen LogP contribution in [0, 0.1) is 0 Å². The molecule has 1 aliphatic rings. The molecule has 1 N–H and O–H groups in total. The van der Waals surface area contributed by atoms with Crippen LogP contribution in [0.15, 0.2) is 61.3 Å². The van der Waals surface area contributed by atoms with Crippen molar-refractivity contribution in [2.45, 2.75) is 26.5 Å². The second kappa shape index (κ2) is 11.9. The number of Topliss-reactive ketones (excluding diaryl/α,β-unsaturated/α-hetero) is 1. The molecule has 4 aromatic heterocycles. The quantitative estimate of drug-likeness (QED) is 0.245. The van der Waals surface area contributed by atoms with Crippen LogP contribution >= 0.6 is 0 Å². The number of methoxy groups -OCH3 is 2. The lowest BCUT2D eigenvalue weighted by Gasteiger charge is -2.26. The number of hydrogen-bond donors (Lipinski definition) is 1. The number of ketones is 1. The van der Waals surface area contributed by atoms with Crippen molar-refractivity contribution in [3.05, 3.63) is 83.8 Å². The average Bonchev–Trinajstić information content (AvgIpc) is 3.65. The van der Waals surface area contributed by atoms with Crippen molar-refractivity contribution in [3.63, 3.8) is 0 Å². The maximum absolute atomic E-state index is 11.8. The Hall–Kier alpha value is -4.90. The van der Waals surface area contributed by atoms with Crippen LogP contribution in [0.25, 0.3) is 28.0 Å². The Balaban J connectivity index is 0.000000164. The summed E-state index contributed by atoms with van der Waals surface area (Å²) in [5, 5.41) is 4.86. The number of amides is 1. The fourth-order valence-electron chi connectivity index (χ4n) is 4.85. The zero-order valence-corrected chi connectivity index (χ0v) is 22.5. The smallest absolute Gasteiger partial charge is 0.210 e. The first kappa shape index (κ1) is 26.7. The van der Waals surface area contributed by atoms with Gasteiger partial charge in [0.2, 0.25) is 6.41 Å². The van der Waals surface area contributed by atoms with Crippen molar-refractivity contribution in [3.8, 4) is 22.8 Å². The predicted octanol–water partition coefficient (Wildman–Crippen LogP) is 3.76. The monoisotopic (exact) mass is 539 g/mol. The number of hydrogen-bond acceptors (Lipinski definition) is 8. The van der Waals surface area contributed by atoms with Crippen molar-refractivity contribution in [2.75, 3.05) is 20.8 Å². The van der Waals surface area contributed by atoms with Gasteiger partial charge in [-0.05, 0) is 36.6 Å². The molecule has 1 amide bonds. The Morgan fingerprint density at radius 2 is 2.00 bits per heavy atom. The SMILES string of the molecule is COCc1ncnn1-c1ncc(OC)c2c(C(C)=O)c[nH]c12.O=CN1CCc2c(cccc2-c2ccccn2)C1. The molecule has 11 nitrogen and oxygen atoms in total. The third kappa shape index (κ3) is 5.19. The molecule has 40 heavy (non-hydrogen) atoms. The number of carbonyl (C=O) groups is 2. The van der Waals surface area contributed by atoms with Crippen LogP contribution in [0.1, 0.15) is 34.2 Å². The molecule has 0 aliphatic carbocycles. The van der Waals surface area contributed by atoms with Crippen molar-refractivity contribution in [1.29, 1.82) is 0 Å². The summed E-state index contributed by atoms with van der Waals surface area (Å²) in [6, 6.07) is 12.2. The average molecular weight is 540 g/mol. The molecule has 1 aliphatic heterocycles. The van der Waals surface area contributed by atoms with Crippen LogP contribution in [-0.4, -0.2) is 67.6 Å². The first-order valence-electron chi connectivity index (χ1n) is 12.7. The molecule has 5 heterocycles. The van der Waals surface area contributed by atoms with Gasteiger partial charge in [0, 0.05) is 43.7 Å². The van der Waals surface area contributed by atoms with Crippen LogP contribution < -0.4 is 4.74 Å². The molecule has 6 rings (SSSR count). The highest BCUT2D eigenvalue weighted by Crippen LogP contribution is 2.32. The lowest BCUT2D eigenvalue weighted by molar-refractivity contribution is -0.118. The van der Waals surface area contributed by atoms with Crippen LogP contribution in [-0.2, 0) is 29.1 Å². The van der Waals surface area contributed by atoms with Gasteiger partial charge in [0.05, 0.1) is 29.9 Å². The van der Waals surface area contributed by atoms with E-state index in [1.807, 2.05) is 35.4 Å². The Morgan fingerprint density at radius 3 is 2.73 bits per heavy atom. The van der Waals surface area contributed by atoms with Crippen LogP contribution in [0.5, 0.6) is 5.75 Å². The third-order valence-electron chi connectivity index (χ3n) is 6.73. The summed E-state index contributed by atoms with van der Waals surface area (Å²) in [4.78, 5) is 40.5. The Bertz CT molecular complexity index is 1650. The molecule has 0 saturated carbocycles. The van der Waals surface area contributed by atoms with Gasteiger partial charge in [-0.15, -0.1) is 0 Å². The second-order valence-corrected chi connectivity index (χ2v) is 9.16.